The molecule has 4 nitrogen and oxygen atoms in total. The molecule has 5 rings (SSSR count). The molecule has 0 amide bonds. The lowest BCUT2D eigenvalue weighted by molar-refractivity contribution is 0.175. The van der Waals surface area contributed by atoms with Crippen LogP contribution in [0.25, 0.3) is 11.0 Å². The highest BCUT2D eigenvalue weighted by Crippen LogP contribution is 2.34. The molecule has 2 aromatic heterocycles. The van der Waals surface area contributed by atoms with E-state index >= 15 is 0 Å². The monoisotopic (exact) mass is 384 g/mol. The van der Waals surface area contributed by atoms with Crippen molar-refractivity contribution >= 4 is 11.0 Å². The molecular formula is C25H24N2O2. The zero-order valence-electron chi connectivity index (χ0n) is 16.8. The van der Waals surface area contributed by atoms with Crippen LogP contribution in [-0.2, 0) is 13.1 Å². The number of rotatable bonds is 3. The van der Waals surface area contributed by atoms with E-state index in [-0.39, 0.29) is 11.7 Å². The van der Waals surface area contributed by atoms with Crippen LogP contribution in [0, 0.1) is 13.8 Å². The Bertz CT molecular complexity index is 1240. The molecule has 0 aliphatic carbocycles. The molecule has 1 unspecified atom stereocenters. The minimum atomic E-state index is -0.280. The minimum Gasteiger partial charge on any atom is -0.422 e. The minimum absolute atomic E-state index is 0.161. The molecule has 1 aliphatic heterocycles. The molecular weight excluding hydrogens is 360 g/mol. The first-order chi connectivity index (χ1) is 14.1. The Hall–Kier alpha value is -3.11. The third-order valence-corrected chi connectivity index (χ3v) is 6.14. The second-order valence-corrected chi connectivity index (χ2v) is 7.88. The van der Waals surface area contributed by atoms with Crippen molar-refractivity contribution in [1.82, 2.24) is 9.47 Å². The van der Waals surface area contributed by atoms with Gasteiger partial charge in [-0.05, 0) is 48.2 Å². The lowest BCUT2D eigenvalue weighted by atomic mass is 9.98. The predicted octanol–water partition coefficient (Wildman–Crippen LogP) is 4.82. The van der Waals surface area contributed by atoms with E-state index in [4.69, 9.17) is 4.42 Å². The van der Waals surface area contributed by atoms with E-state index in [1.54, 1.807) is 6.07 Å². The molecule has 0 N–H and O–H groups in total. The van der Waals surface area contributed by atoms with E-state index in [1.165, 1.54) is 11.3 Å². The second kappa shape index (κ2) is 7.05. The van der Waals surface area contributed by atoms with E-state index in [0.29, 0.717) is 12.1 Å². The fourth-order valence-corrected chi connectivity index (χ4v) is 4.49. The molecule has 4 aromatic rings. The van der Waals surface area contributed by atoms with Gasteiger partial charge >= 0.3 is 5.63 Å². The number of aromatic nitrogens is 1. The first-order valence-electron chi connectivity index (χ1n) is 10.1. The van der Waals surface area contributed by atoms with Crippen LogP contribution in [0.1, 0.15) is 34.0 Å². The van der Waals surface area contributed by atoms with Gasteiger partial charge in [-0.2, -0.15) is 0 Å². The van der Waals surface area contributed by atoms with Gasteiger partial charge in [0.2, 0.25) is 0 Å². The Morgan fingerprint density at radius 3 is 2.66 bits per heavy atom. The van der Waals surface area contributed by atoms with Gasteiger partial charge < -0.3 is 8.98 Å². The van der Waals surface area contributed by atoms with Gasteiger partial charge in [0.1, 0.15) is 5.58 Å². The molecule has 2 aromatic carbocycles. The van der Waals surface area contributed by atoms with E-state index in [0.717, 1.165) is 35.2 Å². The van der Waals surface area contributed by atoms with E-state index in [2.05, 4.69) is 70.3 Å². The number of fused-ring (bicyclic) bond motifs is 2. The van der Waals surface area contributed by atoms with Gasteiger partial charge in [-0.1, -0.05) is 42.5 Å². The van der Waals surface area contributed by atoms with Gasteiger partial charge in [0, 0.05) is 43.0 Å². The first kappa shape index (κ1) is 18.0. The third kappa shape index (κ3) is 3.10. The number of aryl methyl sites for hydroxylation is 2. The van der Waals surface area contributed by atoms with Crippen LogP contribution in [0.15, 0.2) is 76.1 Å². The molecule has 146 valence electrons. The van der Waals surface area contributed by atoms with Crippen molar-refractivity contribution in [2.45, 2.75) is 33.0 Å². The second-order valence-electron chi connectivity index (χ2n) is 7.88. The molecule has 4 heteroatoms. The van der Waals surface area contributed by atoms with Gasteiger partial charge in [0.15, 0.2) is 0 Å². The first-order valence-corrected chi connectivity index (χ1v) is 10.1. The van der Waals surface area contributed by atoms with Gasteiger partial charge in [0.25, 0.3) is 0 Å². The molecule has 0 bridgehead atoms. The highest BCUT2D eigenvalue weighted by molar-refractivity contribution is 5.83. The van der Waals surface area contributed by atoms with E-state index < -0.39 is 0 Å². The fraction of sp³-hybridized carbons (Fsp3) is 0.240. The normalized spacial score (nSPS) is 16.8. The summed E-state index contributed by atoms with van der Waals surface area (Å²) in [7, 11) is 0. The van der Waals surface area contributed by atoms with Crippen LogP contribution in [0.3, 0.4) is 0 Å². The summed E-state index contributed by atoms with van der Waals surface area (Å²) in [4.78, 5) is 14.8. The highest BCUT2D eigenvalue weighted by atomic mass is 16.4. The maximum atomic E-state index is 12.3. The molecule has 0 radical (unpaired) electrons. The standard InChI is InChI=1S/C25H24N2O2/c1-17-10-11-21-20(15-23(28)29-25(21)18(17)2)16-27-14-13-26-12-6-9-22(26)24(27)19-7-4-3-5-8-19/h3-12,15,24H,13-14,16H2,1-2H3. The Morgan fingerprint density at radius 2 is 1.83 bits per heavy atom. The van der Waals surface area contributed by atoms with Gasteiger partial charge in [-0.3, -0.25) is 4.90 Å². The SMILES string of the molecule is Cc1ccc2c(CN3CCn4cccc4C3c3ccccc3)cc(=O)oc2c1C. The van der Waals surface area contributed by atoms with Gasteiger partial charge in [-0.25, -0.2) is 4.79 Å². The topological polar surface area (TPSA) is 38.4 Å². The lowest BCUT2D eigenvalue weighted by Crippen LogP contribution is -2.38. The van der Waals surface area contributed by atoms with Crippen molar-refractivity contribution in [1.29, 1.82) is 0 Å². The largest absolute Gasteiger partial charge is 0.422 e. The molecule has 0 saturated carbocycles. The molecule has 1 aliphatic rings. The third-order valence-electron chi connectivity index (χ3n) is 6.14. The molecule has 3 heterocycles. The van der Waals surface area contributed by atoms with Crippen LogP contribution in [0.2, 0.25) is 0 Å². The summed E-state index contributed by atoms with van der Waals surface area (Å²) >= 11 is 0. The van der Waals surface area contributed by atoms with Crippen molar-refractivity contribution in [3.8, 4) is 0 Å². The molecule has 0 saturated heterocycles. The average molecular weight is 384 g/mol. The van der Waals surface area contributed by atoms with Crippen LogP contribution in [-0.4, -0.2) is 16.0 Å². The summed E-state index contributed by atoms with van der Waals surface area (Å²) in [5.41, 5.74) is 6.19. The highest BCUT2D eigenvalue weighted by Gasteiger charge is 2.29. The Balaban J connectivity index is 1.61. The summed E-state index contributed by atoms with van der Waals surface area (Å²) in [5, 5.41) is 1.03. The summed E-state index contributed by atoms with van der Waals surface area (Å²) in [5.74, 6) is 0. The number of nitrogens with zero attached hydrogens (tertiary/aromatic N) is 2. The molecule has 29 heavy (non-hydrogen) atoms. The van der Waals surface area contributed by atoms with E-state index in [1.807, 2.05) is 13.8 Å². The van der Waals surface area contributed by atoms with Crippen LogP contribution in [0.4, 0.5) is 0 Å². The summed E-state index contributed by atoms with van der Waals surface area (Å²) in [6, 6.07) is 20.9. The van der Waals surface area contributed by atoms with Gasteiger partial charge in [0.05, 0.1) is 6.04 Å². The number of benzene rings is 2. The van der Waals surface area contributed by atoms with Crippen molar-refractivity contribution in [2.75, 3.05) is 6.54 Å². The molecule has 0 fully saturated rings. The zero-order chi connectivity index (χ0) is 20.0. The predicted molar refractivity (Wildman–Crippen MR) is 115 cm³/mol. The lowest BCUT2D eigenvalue weighted by Gasteiger charge is -2.37. The maximum Gasteiger partial charge on any atom is 0.336 e. The Morgan fingerprint density at radius 1 is 1.00 bits per heavy atom. The van der Waals surface area contributed by atoms with Gasteiger partial charge in [-0.15, -0.1) is 0 Å². The summed E-state index contributed by atoms with van der Waals surface area (Å²) in [6.07, 6.45) is 2.15. The van der Waals surface area contributed by atoms with Crippen molar-refractivity contribution < 1.29 is 4.42 Å². The zero-order valence-corrected chi connectivity index (χ0v) is 16.8. The maximum absolute atomic E-state index is 12.3. The Kier molecular flexibility index (Phi) is 4.36. The smallest absolute Gasteiger partial charge is 0.336 e. The molecule has 0 spiro atoms. The van der Waals surface area contributed by atoms with Crippen molar-refractivity contribution in [2.24, 2.45) is 0 Å². The Labute approximate surface area is 170 Å². The molecule has 1 atom stereocenters. The van der Waals surface area contributed by atoms with Crippen LogP contribution in [0.5, 0.6) is 0 Å². The summed E-state index contributed by atoms with van der Waals surface area (Å²) < 4.78 is 7.91. The number of hydrogen-bond donors (Lipinski definition) is 0. The average Bonchev–Trinajstić information content (AvgIpc) is 3.20. The number of hydrogen-bond acceptors (Lipinski definition) is 3. The summed E-state index contributed by atoms with van der Waals surface area (Å²) in [6.45, 7) is 6.64. The van der Waals surface area contributed by atoms with Crippen molar-refractivity contribution in [3.05, 3.63) is 105 Å². The quantitative estimate of drug-likeness (QED) is 0.476. The van der Waals surface area contributed by atoms with Crippen molar-refractivity contribution in [3.63, 3.8) is 0 Å². The van der Waals surface area contributed by atoms with Crippen LogP contribution >= 0.6 is 0 Å². The fourth-order valence-electron chi connectivity index (χ4n) is 4.49. The van der Waals surface area contributed by atoms with Crippen LogP contribution < -0.4 is 5.63 Å². The van der Waals surface area contributed by atoms with E-state index in [9.17, 15) is 4.79 Å².